The predicted molar refractivity (Wildman–Crippen MR) is 98.3 cm³/mol. The first-order valence-electron chi connectivity index (χ1n) is 9.78. The van der Waals surface area contributed by atoms with Gasteiger partial charge in [-0.1, -0.05) is 34.6 Å². The second-order valence-electron chi connectivity index (χ2n) is 8.22. The van der Waals surface area contributed by atoms with Gasteiger partial charge in [-0.2, -0.15) is 0 Å². The van der Waals surface area contributed by atoms with Crippen molar-refractivity contribution in [3.8, 4) is 0 Å². The molecule has 0 aromatic rings. The molecular formula is C20H36O6. The number of cyclic esters (lactones) is 1. The standard InChI is InChI=1S/C20H36O6/c1-7-17-12(4)16(22)9-15(21)10(2)8-11(3)18(23)13(5)19(24)14(6)20(25)26-17/h10-14,16-19,22-24H,7-9H2,1-6H3/t10-,11?,12-,13-,14-,16-,17?,18+,19+/m1/s1. The predicted octanol–water partition coefficient (Wildman–Crippen LogP) is 1.93. The minimum absolute atomic E-state index is 0.00688. The number of esters is 1. The van der Waals surface area contributed by atoms with Crippen LogP contribution in [-0.4, -0.2) is 51.5 Å². The summed E-state index contributed by atoms with van der Waals surface area (Å²) in [5.41, 5.74) is 0. The maximum Gasteiger partial charge on any atom is 0.311 e. The van der Waals surface area contributed by atoms with E-state index in [4.69, 9.17) is 4.74 Å². The molecule has 0 aromatic heterocycles. The average Bonchev–Trinajstić information content (AvgIpc) is 2.61. The van der Waals surface area contributed by atoms with E-state index in [0.717, 1.165) is 0 Å². The monoisotopic (exact) mass is 372 g/mol. The van der Waals surface area contributed by atoms with Gasteiger partial charge in [-0.25, -0.2) is 0 Å². The molecule has 26 heavy (non-hydrogen) atoms. The quantitative estimate of drug-likeness (QED) is 0.608. The van der Waals surface area contributed by atoms with Gasteiger partial charge >= 0.3 is 5.97 Å². The number of hydrogen-bond donors (Lipinski definition) is 3. The number of ether oxygens (including phenoxy) is 1. The number of Topliss-reactive ketones (excluding diaryl/α,β-unsaturated/α-hetero) is 1. The van der Waals surface area contributed by atoms with Gasteiger partial charge in [-0.3, -0.25) is 9.59 Å². The van der Waals surface area contributed by atoms with Crippen molar-refractivity contribution < 1.29 is 29.6 Å². The zero-order valence-electron chi connectivity index (χ0n) is 16.9. The first kappa shape index (κ1) is 23.1. The van der Waals surface area contributed by atoms with E-state index in [0.29, 0.717) is 12.8 Å². The number of ketones is 1. The molecule has 2 unspecified atom stereocenters. The number of aliphatic hydroxyl groups is 3. The summed E-state index contributed by atoms with van der Waals surface area (Å²) in [7, 11) is 0. The van der Waals surface area contributed by atoms with Crippen molar-refractivity contribution in [2.24, 2.45) is 29.6 Å². The summed E-state index contributed by atoms with van der Waals surface area (Å²) in [5.74, 6) is -2.83. The molecule has 0 saturated carbocycles. The van der Waals surface area contributed by atoms with Gasteiger partial charge in [0.05, 0.1) is 24.2 Å². The van der Waals surface area contributed by atoms with Crippen LogP contribution >= 0.6 is 0 Å². The first-order valence-corrected chi connectivity index (χ1v) is 9.78. The normalized spacial score (nSPS) is 44.3. The highest BCUT2D eigenvalue weighted by Crippen LogP contribution is 2.29. The maximum atomic E-state index is 12.5. The largest absolute Gasteiger partial charge is 0.462 e. The van der Waals surface area contributed by atoms with Crippen molar-refractivity contribution in [3.05, 3.63) is 0 Å². The Morgan fingerprint density at radius 1 is 0.962 bits per heavy atom. The van der Waals surface area contributed by atoms with Gasteiger partial charge in [-0.15, -0.1) is 0 Å². The molecule has 1 heterocycles. The third kappa shape index (κ3) is 5.51. The Bertz CT molecular complexity index is 479. The van der Waals surface area contributed by atoms with E-state index in [1.807, 2.05) is 13.8 Å². The van der Waals surface area contributed by atoms with Crippen LogP contribution in [0.3, 0.4) is 0 Å². The van der Waals surface area contributed by atoms with Crippen LogP contribution in [-0.2, 0) is 14.3 Å². The topological polar surface area (TPSA) is 104 Å². The summed E-state index contributed by atoms with van der Waals surface area (Å²) in [6.45, 7) is 10.6. The van der Waals surface area contributed by atoms with Crippen LogP contribution in [0.25, 0.3) is 0 Å². The maximum absolute atomic E-state index is 12.5. The molecule has 0 aliphatic carbocycles. The van der Waals surface area contributed by atoms with Crippen molar-refractivity contribution in [3.63, 3.8) is 0 Å². The zero-order valence-corrected chi connectivity index (χ0v) is 16.9. The Kier molecular flexibility index (Phi) is 8.70. The Balaban J connectivity index is 3.13. The van der Waals surface area contributed by atoms with E-state index in [-0.39, 0.29) is 30.0 Å². The van der Waals surface area contributed by atoms with E-state index in [1.54, 1.807) is 27.7 Å². The minimum Gasteiger partial charge on any atom is -0.462 e. The number of carbonyl (C=O) groups is 2. The Morgan fingerprint density at radius 3 is 2.08 bits per heavy atom. The second kappa shape index (κ2) is 9.81. The Morgan fingerprint density at radius 2 is 1.54 bits per heavy atom. The fourth-order valence-corrected chi connectivity index (χ4v) is 3.80. The summed E-state index contributed by atoms with van der Waals surface area (Å²) in [5, 5.41) is 31.5. The van der Waals surface area contributed by atoms with Gasteiger partial charge in [0.15, 0.2) is 0 Å². The molecule has 1 aliphatic rings. The van der Waals surface area contributed by atoms with Gasteiger partial charge in [0, 0.05) is 24.2 Å². The van der Waals surface area contributed by atoms with Crippen LogP contribution in [0.2, 0.25) is 0 Å². The third-order valence-corrected chi connectivity index (χ3v) is 6.09. The molecule has 0 bridgehead atoms. The van der Waals surface area contributed by atoms with Crippen LogP contribution in [0, 0.1) is 29.6 Å². The summed E-state index contributed by atoms with van der Waals surface area (Å²) in [6, 6.07) is 0. The van der Waals surface area contributed by atoms with Gasteiger partial charge in [-0.05, 0) is 25.7 Å². The van der Waals surface area contributed by atoms with E-state index in [9.17, 15) is 24.9 Å². The van der Waals surface area contributed by atoms with E-state index in [1.165, 1.54) is 0 Å². The van der Waals surface area contributed by atoms with Crippen LogP contribution in [0.5, 0.6) is 0 Å². The van der Waals surface area contributed by atoms with Crippen molar-refractivity contribution in [1.29, 1.82) is 0 Å². The lowest BCUT2D eigenvalue weighted by atomic mass is 9.79. The molecular weight excluding hydrogens is 336 g/mol. The van der Waals surface area contributed by atoms with Gasteiger partial charge in [0.1, 0.15) is 11.9 Å². The highest BCUT2D eigenvalue weighted by Gasteiger charge is 2.37. The molecule has 1 rings (SSSR count). The van der Waals surface area contributed by atoms with Crippen LogP contribution in [0.1, 0.15) is 60.8 Å². The molecule has 1 aliphatic heterocycles. The highest BCUT2D eigenvalue weighted by molar-refractivity contribution is 5.81. The molecule has 0 spiro atoms. The molecule has 1 saturated heterocycles. The van der Waals surface area contributed by atoms with Gasteiger partial charge in [0.2, 0.25) is 0 Å². The molecule has 0 amide bonds. The first-order chi connectivity index (χ1) is 12.0. The zero-order chi connectivity index (χ0) is 20.2. The lowest BCUT2D eigenvalue weighted by molar-refractivity contribution is -0.165. The molecule has 6 heteroatoms. The molecule has 9 atom stereocenters. The summed E-state index contributed by atoms with van der Waals surface area (Å²) in [4.78, 5) is 24.9. The van der Waals surface area contributed by atoms with Crippen molar-refractivity contribution in [2.75, 3.05) is 0 Å². The molecule has 0 aromatic carbocycles. The van der Waals surface area contributed by atoms with Crippen molar-refractivity contribution >= 4 is 11.8 Å². The van der Waals surface area contributed by atoms with E-state index >= 15 is 0 Å². The van der Waals surface area contributed by atoms with E-state index in [2.05, 4.69) is 0 Å². The van der Waals surface area contributed by atoms with Crippen molar-refractivity contribution in [1.82, 2.24) is 0 Å². The minimum atomic E-state index is -1.05. The molecule has 152 valence electrons. The van der Waals surface area contributed by atoms with Crippen LogP contribution in [0.15, 0.2) is 0 Å². The van der Waals surface area contributed by atoms with E-state index < -0.39 is 42.2 Å². The summed E-state index contributed by atoms with van der Waals surface area (Å²) in [6.07, 6.45) is -2.34. The van der Waals surface area contributed by atoms with Crippen LogP contribution in [0.4, 0.5) is 0 Å². The number of hydrogen-bond acceptors (Lipinski definition) is 6. The second-order valence-corrected chi connectivity index (χ2v) is 8.22. The highest BCUT2D eigenvalue weighted by atomic mass is 16.5. The van der Waals surface area contributed by atoms with Gasteiger partial charge < -0.3 is 20.1 Å². The van der Waals surface area contributed by atoms with Crippen LogP contribution < -0.4 is 0 Å². The lowest BCUT2D eigenvalue weighted by Gasteiger charge is -2.34. The Labute approximate surface area is 156 Å². The average molecular weight is 373 g/mol. The fourth-order valence-electron chi connectivity index (χ4n) is 3.80. The summed E-state index contributed by atoms with van der Waals surface area (Å²) >= 11 is 0. The lowest BCUT2D eigenvalue weighted by Crippen LogP contribution is -2.43. The number of rotatable bonds is 1. The molecule has 1 fully saturated rings. The fraction of sp³-hybridized carbons (Fsp3) is 0.900. The summed E-state index contributed by atoms with van der Waals surface area (Å²) < 4.78 is 5.53. The Hall–Kier alpha value is -0.980. The SMILES string of the molecule is CCC1OC(=O)[C@H](C)[C@@H](O)[C@H](C)[C@@H](O)C(C)C[C@@H](C)C(=O)C[C@@H](O)[C@H]1C. The molecule has 6 nitrogen and oxygen atoms in total. The van der Waals surface area contributed by atoms with Gasteiger partial charge in [0.25, 0.3) is 0 Å². The molecule has 3 N–H and O–H groups in total. The number of aliphatic hydroxyl groups excluding tert-OH is 3. The smallest absolute Gasteiger partial charge is 0.311 e. The molecule has 0 radical (unpaired) electrons. The number of carbonyl (C=O) groups excluding carboxylic acids is 2. The third-order valence-electron chi connectivity index (χ3n) is 6.09. The van der Waals surface area contributed by atoms with Crippen molar-refractivity contribution in [2.45, 2.75) is 85.2 Å².